The number of hydrogen-bond donors (Lipinski definition) is 2. The third kappa shape index (κ3) is 3.55. The highest BCUT2D eigenvalue weighted by molar-refractivity contribution is 6.30. The quantitative estimate of drug-likeness (QED) is 0.909. The van der Waals surface area contributed by atoms with Gasteiger partial charge < -0.3 is 10.1 Å². The summed E-state index contributed by atoms with van der Waals surface area (Å²) in [6, 6.07) is 5.29. The van der Waals surface area contributed by atoms with Crippen LogP contribution in [0.25, 0.3) is 0 Å². The number of ether oxygens (including phenoxy) is 1. The van der Waals surface area contributed by atoms with Crippen molar-refractivity contribution in [2.45, 2.75) is 33.8 Å². The second-order valence-corrected chi connectivity index (χ2v) is 5.40. The molecule has 0 radical (unpaired) electrons. The van der Waals surface area contributed by atoms with Crippen LogP contribution in [0.3, 0.4) is 0 Å². The van der Waals surface area contributed by atoms with E-state index in [1.54, 1.807) is 25.1 Å². The summed E-state index contributed by atoms with van der Waals surface area (Å²) in [6.07, 6.45) is -0.626. The molecule has 0 bridgehead atoms. The first kappa shape index (κ1) is 15.4. The topological polar surface area (TPSA) is 67.0 Å². The third-order valence-electron chi connectivity index (χ3n) is 3.19. The lowest BCUT2D eigenvalue weighted by atomic mass is 10.2. The number of nitrogens with zero attached hydrogens (tertiary/aromatic N) is 1. The molecule has 2 N–H and O–H groups in total. The monoisotopic (exact) mass is 307 g/mol. The molecule has 0 saturated heterocycles. The van der Waals surface area contributed by atoms with E-state index in [4.69, 9.17) is 16.3 Å². The normalized spacial score (nSPS) is 12.0. The molecule has 0 spiro atoms. The minimum absolute atomic E-state index is 0.225. The van der Waals surface area contributed by atoms with Crippen LogP contribution in [-0.2, 0) is 4.79 Å². The molecule has 21 heavy (non-hydrogen) atoms. The summed E-state index contributed by atoms with van der Waals surface area (Å²) >= 11 is 5.90. The summed E-state index contributed by atoms with van der Waals surface area (Å²) in [7, 11) is 0. The number of H-pyrrole nitrogens is 1. The summed E-state index contributed by atoms with van der Waals surface area (Å²) in [5.74, 6) is 0.416. The first-order chi connectivity index (χ1) is 9.88. The number of hydrogen-bond acceptors (Lipinski definition) is 3. The first-order valence-electron chi connectivity index (χ1n) is 6.63. The van der Waals surface area contributed by atoms with Gasteiger partial charge in [-0.2, -0.15) is 5.10 Å². The summed E-state index contributed by atoms with van der Waals surface area (Å²) in [5.41, 5.74) is 3.15. The molecule has 0 saturated carbocycles. The predicted octanol–water partition coefficient (Wildman–Crippen LogP) is 3.39. The SMILES string of the molecule is Cc1cc(Cl)ccc1OC(C)C(=O)Nc1c(C)n[nH]c1C. The zero-order valence-corrected chi connectivity index (χ0v) is 13.2. The van der Waals surface area contributed by atoms with Gasteiger partial charge in [0.1, 0.15) is 5.75 Å². The zero-order chi connectivity index (χ0) is 15.6. The van der Waals surface area contributed by atoms with E-state index in [9.17, 15) is 4.79 Å². The van der Waals surface area contributed by atoms with Crippen molar-refractivity contribution < 1.29 is 9.53 Å². The minimum Gasteiger partial charge on any atom is -0.481 e. The molecule has 1 aromatic carbocycles. The largest absolute Gasteiger partial charge is 0.481 e. The second-order valence-electron chi connectivity index (χ2n) is 4.97. The molecular weight excluding hydrogens is 290 g/mol. The van der Waals surface area contributed by atoms with Gasteiger partial charge in [-0.25, -0.2) is 0 Å². The van der Waals surface area contributed by atoms with Gasteiger partial charge in [0.2, 0.25) is 0 Å². The maximum atomic E-state index is 12.2. The standard InChI is InChI=1S/C15H18ClN3O2/c1-8-7-12(16)5-6-13(8)21-11(4)15(20)17-14-9(2)18-19-10(14)3/h5-7,11H,1-4H3,(H,17,20)(H,18,19). The molecular formula is C15H18ClN3O2. The lowest BCUT2D eigenvalue weighted by Crippen LogP contribution is -2.30. The van der Waals surface area contributed by atoms with E-state index in [0.29, 0.717) is 16.5 Å². The fourth-order valence-electron chi connectivity index (χ4n) is 1.95. The molecule has 0 fully saturated rings. The van der Waals surface area contributed by atoms with E-state index in [0.717, 1.165) is 17.0 Å². The summed E-state index contributed by atoms with van der Waals surface area (Å²) in [4.78, 5) is 12.2. The van der Waals surface area contributed by atoms with Crippen molar-refractivity contribution in [1.82, 2.24) is 10.2 Å². The number of halogens is 1. The number of aromatic amines is 1. The van der Waals surface area contributed by atoms with E-state index in [1.807, 2.05) is 20.8 Å². The molecule has 1 aromatic heterocycles. The Hall–Kier alpha value is -2.01. The van der Waals surface area contributed by atoms with Gasteiger partial charge in [-0.05, 0) is 51.5 Å². The Balaban J connectivity index is 2.06. The van der Waals surface area contributed by atoms with Gasteiger partial charge in [0.05, 0.1) is 17.1 Å². The van der Waals surface area contributed by atoms with Crippen LogP contribution in [0.15, 0.2) is 18.2 Å². The van der Waals surface area contributed by atoms with E-state index in [2.05, 4.69) is 15.5 Å². The highest BCUT2D eigenvalue weighted by Gasteiger charge is 2.18. The fraction of sp³-hybridized carbons (Fsp3) is 0.333. The Morgan fingerprint density at radius 2 is 2.10 bits per heavy atom. The van der Waals surface area contributed by atoms with Crippen LogP contribution in [0.5, 0.6) is 5.75 Å². The highest BCUT2D eigenvalue weighted by atomic mass is 35.5. The summed E-state index contributed by atoms with van der Waals surface area (Å²) in [5, 5.41) is 10.3. The van der Waals surface area contributed by atoms with E-state index in [-0.39, 0.29) is 5.91 Å². The maximum Gasteiger partial charge on any atom is 0.265 e. The number of rotatable bonds is 4. The Kier molecular flexibility index (Phi) is 4.53. The Bertz CT molecular complexity index is 647. The van der Waals surface area contributed by atoms with Gasteiger partial charge >= 0.3 is 0 Å². The molecule has 6 heteroatoms. The molecule has 1 heterocycles. The van der Waals surface area contributed by atoms with E-state index < -0.39 is 6.10 Å². The maximum absolute atomic E-state index is 12.2. The molecule has 1 unspecified atom stereocenters. The number of nitrogens with one attached hydrogen (secondary N) is 2. The molecule has 1 atom stereocenters. The van der Waals surface area contributed by atoms with Crippen LogP contribution in [0, 0.1) is 20.8 Å². The smallest absolute Gasteiger partial charge is 0.265 e. The number of benzene rings is 1. The van der Waals surface area contributed by atoms with Crippen molar-refractivity contribution in [3.8, 4) is 5.75 Å². The molecule has 0 aliphatic carbocycles. The lowest BCUT2D eigenvalue weighted by molar-refractivity contribution is -0.122. The Labute approximate surface area is 128 Å². The van der Waals surface area contributed by atoms with E-state index >= 15 is 0 Å². The van der Waals surface area contributed by atoms with Crippen LogP contribution < -0.4 is 10.1 Å². The van der Waals surface area contributed by atoms with Crippen molar-refractivity contribution in [3.63, 3.8) is 0 Å². The zero-order valence-electron chi connectivity index (χ0n) is 12.5. The average Bonchev–Trinajstić information content (AvgIpc) is 2.73. The van der Waals surface area contributed by atoms with Crippen molar-refractivity contribution in [2.24, 2.45) is 0 Å². The third-order valence-corrected chi connectivity index (χ3v) is 3.42. The molecule has 0 aliphatic rings. The van der Waals surface area contributed by atoms with Gasteiger partial charge in [0.15, 0.2) is 6.10 Å². The van der Waals surface area contributed by atoms with Crippen LogP contribution in [0.2, 0.25) is 5.02 Å². The lowest BCUT2D eigenvalue weighted by Gasteiger charge is -2.16. The van der Waals surface area contributed by atoms with Crippen LogP contribution in [-0.4, -0.2) is 22.2 Å². The molecule has 2 rings (SSSR count). The summed E-state index contributed by atoms with van der Waals surface area (Å²) in [6.45, 7) is 7.27. The minimum atomic E-state index is -0.626. The fourth-order valence-corrected chi connectivity index (χ4v) is 2.18. The van der Waals surface area contributed by atoms with Gasteiger partial charge in [0.25, 0.3) is 5.91 Å². The number of carbonyl (C=O) groups is 1. The van der Waals surface area contributed by atoms with Gasteiger partial charge in [-0.1, -0.05) is 11.6 Å². The average molecular weight is 308 g/mol. The van der Waals surface area contributed by atoms with Crippen LogP contribution in [0.4, 0.5) is 5.69 Å². The predicted molar refractivity (Wildman–Crippen MR) is 83.0 cm³/mol. The Morgan fingerprint density at radius 1 is 1.38 bits per heavy atom. The van der Waals surface area contributed by atoms with Crippen molar-refractivity contribution in [2.75, 3.05) is 5.32 Å². The second kappa shape index (κ2) is 6.18. The highest BCUT2D eigenvalue weighted by Crippen LogP contribution is 2.23. The van der Waals surface area contributed by atoms with Crippen molar-refractivity contribution >= 4 is 23.2 Å². The van der Waals surface area contributed by atoms with Gasteiger partial charge in [-0.15, -0.1) is 0 Å². The van der Waals surface area contributed by atoms with Crippen molar-refractivity contribution in [3.05, 3.63) is 40.2 Å². The number of aromatic nitrogens is 2. The van der Waals surface area contributed by atoms with E-state index in [1.165, 1.54) is 0 Å². The van der Waals surface area contributed by atoms with Gasteiger partial charge in [-0.3, -0.25) is 9.89 Å². The molecule has 1 amide bonds. The number of amides is 1. The molecule has 5 nitrogen and oxygen atoms in total. The number of carbonyl (C=O) groups excluding carboxylic acids is 1. The number of aryl methyl sites for hydroxylation is 3. The Morgan fingerprint density at radius 3 is 2.67 bits per heavy atom. The molecule has 112 valence electrons. The van der Waals surface area contributed by atoms with Crippen LogP contribution >= 0.6 is 11.6 Å². The van der Waals surface area contributed by atoms with Gasteiger partial charge in [0, 0.05) is 5.02 Å². The number of anilines is 1. The van der Waals surface area contributed by atoms with Crippen LogP contribution in [0.1, 0.15) is 23.9 Å². The molecule has 2 aromatic rings. The first-order valence-corrected chi connectivity index (χ1v) is 7.01. The van der Waals surface area contributed by atoms with Crippen molar-refractivity contribution in [1.29, 1.82) is 0 Å². The molecule has 0 aliphatic heterocycles. The summed E-state index contributed by atoms with van der Waals surface area (Å²) < 4.78 is 5.69.